The van der Waals surface area contributed by atoms with Crippen LogP contribution in [0.4, 0.5) is 0 Å². The highest BCUT2D eigenvalue weighted by Crippen LogP contribution is 2.13. The van der Waals surface area contributed by atoms with Crippen molar-refractivity contribution in [2.75, 3.05) is 0 Å². The van der Waals surface area contributed by atoms with Gasteiger partial charge in [-0.1, -0.05) is 64.2 Å². The summed E-state index contributed by atoms with van der Waals surface area (Å²) in [6.07, 6.45) is 13.8. The van der Waals surface area contributed by atoms with Crippen molar-refractivity contribution in [2.24, 2.45) is 0 Å². The highest BCUT2D eigenvalue weighted by molar-refractivity contribution is 5.84. The monoisotopic (exact) mass is 413 g/mol. The first-order valence-electron chi connectivity index (χ1n) is 11.1. The maximum atomic E-state index is 11.8. The quantitative estimate of drug-likeness (QED) is 0.253. The fourth-order valence-electron chi connectivity index (χ4n) is 3.20. The minimum atomic E-state index is -1.10. The summed E-state index contributed by atoms with van der Waals surface area (Å²) >= 11 is 0. The van der Waals surface area contributed by atoms with Gasteiger partial charge >= 0.3 is 11.9 Å². The van der Waals surface area contributed by atoms with Crippen LogP contribution in [0.3, 0.4) is 0 Å². The summed E-state index contributed by atoms with van der Waals surface area (Å²) in [7, 11) is 0. The molecule has 168 valence electrons. The predicted octanol–water partition coefficient (Wildman–Crippen LogP) is 4.47. The Balaban J connectivity index is 3.48. The molecule has 0 aliphatic heterocycles. The summed E-state index contributed by atoms with van der Waals surface area (Å²) < 4.78 is 0. The van der Waals surface area contributed by atoms with Gasteiger partial charge in [0.05, 0.1) is 0 Å². The summed E-state index contributed by atoms with van der Waals surface area (Å²) in [4.78, 5) is 44.3. The molecule has 0 aromatic carbocycles. The van der Waals surface area contributed by atoms with E-state index in [4.69, 9.17) is 10.2 Å². The van der Waals surface area contributed by atoms with Crippen molar-refractivity contribution in [3.63, 3.8) is 0 Å². The average Bonchev–Trinajstić information content (AvgIpc) is 2.64. The largest absolute Gasteiger partial charge is 0.481 e. The molecule has 0 aromatic heterocycles. The SMILES string of the molecule is CC(=O)CC[C@H](NC(=O)CCCCCCCCCCCCCCC(=O)O)C(=O)O. The number of carboxylic acids is 2. The highest BCUT2D eigenvalue weighted by atomic mass is 16.4. The summed E-state index contributed by atoms with van der Waals surface area (Å²) in [5.74, 6) is -2.15. The Morgan fingerprint density at radius 2 is 1.07 bits per heavy atom. The Labute approximate surface area is 174 Å². The Bertz CT molecular complexity index is 492. The molecule has 1 amide bonds. The zero-order valence-electron chi connectivity index (χ0n) is 17.9. The van der Waals surface area contributed by atoms with Crippen LogP contribution in [0.2, 0.25) is 0 Å². The van der Waals surface area contributed by atoms with Gasteiger partial charge in [0.1, 0.15) is 11.8 Å². The van der Waals surface area contributed by atoms with Crippen molar-refractivity contribution in [3.05, 3.63) is 0 Å². The number of unbranched alkanes of at least 4 members (excludes halogenated alkanes) is 11. The molecule has 0 aliphatic rings. The number of hydrogen-bond donors (Lipinski definition) is 3. The first-order chi connectivity index (χ1) is 13.8. The third-order valence-corrected chi connectivity index (χ3v) is 4.96. The fraction of sp³-hybridized carbons (Fsp3) is 0.818. The molecular weight excluding hydrogens is 374 g/mol. The number of carbonyl (C=O) groups is 4. The van der Waals surface area contributed by atoms with E-state index < -0.39 is 18.0 Å². The second-order valence-electron chi connectivity index (χ2n) is 7.84. The minimum absolute atomic E-state index is 0.0822. The molecule has 0 heterocycles. The topological polar surface area (TPSA) is 121 Å². The number of rotatable bonds is 20. The van der Waals surface area contributed by atoms with E-state index >= 15 is 0 Å². The lowest BCUT2D eigenvalue weighted by Crippen LogP contribution is -2.40. The highest BCUT2D eigenvalue weighted by Gasteiger charge is 2.19. The zero-order chi connectivity index (χ0) is 21.9. The molecule has 29 heavy (non-hydrogen) atoms. The van der Waals surface area contributed by atoms with E-state index in [9.17, 15) is 19.2 Å². The summed E-state index contributed by atoms with van der Waals surface area (Å²) in [5.41, 5.74) is 0. The molecule has 7 heteroatoms. The van der Waals surface area contributed by atoms with Gasteiger partial charge in [0.15, 0.2) is 0 Å². The predicted molar refractivity (Wildman–Crippen MR) is 112 cm³/mol. The van der Waals surface area contributed by atoms with Gasteiger partial charge in [-0.25, -0.2) is 4.79 Å². The zero-order valence-corrected chi connectivity index (χ0v) is 17.9. The lowest BCUT2D eigenvalue weighted by molar-refractivity contribution is -0.142. The smallest absolute Gasteiger partial charge is 0.326 e. The number of amides is 1. The number of aliphatic carboxylic acids is 2. The maximum absolute atomic E-state index is 11.8. The molecule has 0 spiro atoms. The molecule has 0 saturated carbocycles. The second-order valence-corrected chi connectivity index (χ2v) is 7.84. The Kier molecular flexibility index (Phi) is 16.9. The average molecular weight is 414 g/mol. The van der Waals surface area contributed by atoms with Gasteiger partial charge < -0.3 is 20.3 Å². The van der Waals surface area contributed by atoms with Crippen molar-refractivity contribution in [1.82, 2.24) is 5.32 Å². The van der Waals surface area contributed by atoms with Gasteiger partial charge in [0.2, 0.25) is 5.91 Å². The van der Waals surface area contributed by atoms with E-state index in [2.05, 4.69) is 5.32 Å². The molecule has 7 nitrogen and oxygen atoms in total. The van der Waals surface area contributed by atoms with E-state index in [-0.39, 0.29) is 31.0 Å². The third kappa shape index (κ3) is 19.2. The van der Waals surface area contributed by atoms with Crippen LogP contribution in [-0.2, 0) is 19.2 Å². The molecule has 0 radical (unpaired) electrons. The van der Waals surface area contributed by atoms with Gasteiger partial charge in [0.25, 0.3) is 0 Å². The Morgan fingerprint density at radius 3 is 1.45 bits per heavy atom. The molecule has 0 aromatic rings. The number of ketones is 1. The number of nitrogens with one attached hydrogen (secondary N) is 1. The van der Waals surface area contributed by atoms with E-state index in [0.29, 0.717) is 6.42 Å². The Hall–Kier alpha value is -1.92. The van der Waals surface area contributed by atoms with Crippen molar-refractivity contribution in [3.8, 4) is 0 Å². The third-order valence-electron chi connectivity index (χ3n) is 4.96. The van der Waals surface area contributed by atoms with E-state index in [1.165, 1.54) is 39.0 Å². The van der Waals surface area contributed by atoms with E-state index in [0.717, 1.165) is 44.9 Å². The van der Waals surface area contributed by atoms with E-state index in [1.807, 2.05) is 0 Å². The van der Waals surface area contributed by atoms with Crippen LogP contribution in [0.1, 0.15) is 110 Å². The lowest BCUT2D eigenvalue weighted by Gasteiger charge is -2.13. The minimum Gasteiger partial charge on any atom is -0.481 e. The van der Waals surface area contributed by atoms with Crippen LogP contribution in [0.5, 0.6) is 0 Å². The molecular formula is C22H39NO6. The number of carbonyl (C=O) groups excluding carboxylic acids is 2. The van der Waals surface area contributed by atoms with Gasteiger partial charge in [-0.2, -0.15) is 0 Å². The summed E-state index contributed by atoms with van der Waals surface area (Å²) in [5, 5.41) is 20.1. The number of hydrogen-bond acceptors (Lipinski definition) is 4. The standard InChI is InChI=1S/C22H39NO6/c1-18(24)16-17-19(22(28)29)23-20(25)14-12-10-8-6-4-2-3-5-7-9-11-13-15-21(26)27/h19H,2-17H2,1H3,(H,23,25)(H,26,27)(H,28,29)/t19-/m0/s1. The van der Waals surface area contributed by atoms with Gasteiger partial charge in [-0.05, 0) is 26.2 Å². The molecule has 0 unspecified atom stereocenters. The first-order valence-corrected chi connectivity index (χ1v) is 11.1. The molecule has 0 fully saturated rings. The van der Waals surface area contributed by atoms with Crippen LogP contribution >= 0.6 is 0 Å². The molecule has 3 N–H and O–H groups in total. The number of carboxylic acid groups (broad SMARTS) is 2. The normalized spacial score (nSPS) is 11.8. The van der Waals surface area contributed by atoms with Crippen LogP contribution in [0.25, 0.3) is 0 Å². The molecule has 0 bridgehead atoms. The van der Waals surface area contributed by atoms with Crippen molar-refractivity contribution < 1.29 is 29.4 Å². The van der Waals surface area contributed by atoms with Crippen LogP contribution < -0.4 is 5.32 Å². The van der Waals surface area contributed by atoms with Crippen LogP contribution in [0.15, 0.2) is 0 Å². The van der Waals surface area contributed by atoms with Gasteiger partial charge in [-0.3, -0.25) is 9.59 Å². The van der Waals surface area contributed by atoms with Gasteiger partial charge in [0, 0.05) is 19.3 Å². The lowest BCUT2D eigenvalue weighted by atomic mass is 10.0. The van der Waals surface area contributed by atoms with E-state index in [1.54, 1.807) is 0 Å². The summed E-state index contributed by atoms with van der Waals surface area (Å²) in [6, 6.07) is -0.983. The molecule has 1 atom stereocenters. The maximum Gasteiger partial charge on any atom is 0.326 e. The molecule has 0 saturated heterocycles. The van der Waals surface area contributed by atoms with Gasteiger partial charge in [-0.15, -0.1) is 0 Å². The molecule has 0 aliphatic carbocycles. The van der Waals surface area contributed by atoms with Crippen molar-refractivity contribution in [2.45, 2.75) is 116 Å². The van der Waals surface area contributed by atoms with Crippen molar-refractivity contribution in [1.29, 1.82) is 0 Å². The van der Waals surface area contributed by atoms with Crippen molar-refractivity contribution >= 4 is 23.6 Å². The summed E-state index contributed by atoms with van der Waals surface area (Å²) in [6.45, 7) is 1.41. The van der Waals surface area contributed by atoms with Crippen LogP contribution in [0, 0.1) is 0 Å². The molecule has 0 rings (SSSR count). The second kappa shape index (κ2) is 18.1. The number of Topliss-reactive ketones (excluding diaryl/α,β-unsaturated/α-hetero) is 1. The van der Waals surface area contributed by atoms with Crippen LogP contribution in [-0.4, -0.2) is 39.9 Å². The fourth-order valence-corrected chi connectivity index (χ4v) is 3.20. The Morgan fingerprint density at radius 1 is 0.655 bits per heavy atom. The first kappa shape index (κ1) is 27.1.